The van der Waals surface area contributed by atoms with Gasteiger partial charge in [-0.25, -0.2) is 19.6 Å². The number of halogens is 3. The summed E-state index contributed by atoms with van der Waals surface area (Å²) >= 11 is 0. The molecule has 1 N–H and O–H groups in total. The average molecular weight is 594 g/mol. The summed E-state index contributed by atoms with van der Waals surface area (Å²) in [5, 5.41) is 3.25. The van der Waals surface area contributed by atoms with E-state index in [1.54, 1.807) is 35.4 Å². The molecule has 0 spiro atoms. The summed E-state index contributed by atoms with van der Waals surface area (Å²) in [4.78, 5) is 35.6. The molecule has 5 rings (SSSR count). The van der Waals surface area contributed by atoms with Crippen molar-refractivity contribution in [1.82, 2.24) is 19.4 Å². The van der Waals surface area contributed by atoms with E-state index in [-0.39, 0.29) is 11.8 Å². The number of carbonyl (C=O) groups excluding carboxylic acids is 2. The molecule has 12 heteroatoms. The Morgan fingerprint density at radius 3 is 2.51 bits per heavy atom. The molecule has 2 amide bonds. The molecule has 1 aliphatic heterocycles. The lowest BCUT2D eigenvalue weighted by Gasteiger charge is -2.29. The highest BCUT2D eigenvalue weighted by Crippen LogP contribution is 2.33. The molecule has 1 aliphatic rings. The second kappa shape index (κ2) is 11.4. The van der Waals surface area contributed by atoms with Crippen LogP contribution in [-0.2, 0) is 10.9 Å². The SMILES string of the molecule is Cc1c(Oc2cc(C3=CCN(C(=O)OC(C)(C)C)CC3)ncn2)ccc2c1ccn2C(=O)Nc1cccc(C(F)(F)F)c1. The number of alkyl halides is 3. The van der Waals surface area contributed by atoms with Gasteiger partial charge in [-0.3, -0.25) is 4.57 Å². The van der Waals surface area contributed by atoms with E-state index in [1.807, 2.05) is 33.8 Å². The van der Waals surface area contributed by atoms with Crippen molar-refractivity contribution in [2.24, 2.45) is 0 Å². The lowest BCUT2D eigenvalue weighted by molar-refractivity contribution is -0.137. The number of ether oxygens (including phenoxy) is 2. The van der Waals surface area contributed by atoms with Crippen LogP contribution in [0.2, 0.25) is 0 Å². The van der Waals surface area contributed by atoms with Gasteiger partial charge in [-0.2, -0.15) is 13.2 Å². The minimum Gasteiger partial charge on any atom is -0.444 e. The van der Waals surface area contributed by atoms with E-state index in [4.69, 9.17) is 9.47 Å². The van der Waals surface area contributed by atoms with Crippen molar-refractivity contribution in [3.8, 4) is 11.6 Å². The van der Waals surface area contributed by atoms with Crippen LogP contribution in [0, 0.1) is 6.92 Å². The monoisotopic (exact) mass is 593 g/mol. The van der Waals surface area contributed by atoms with Gasteiger partial charge in [0.05, 0.1) is 16.8 Å². The predicted molar refractivity (Wildman–Crippen MR) is 155 cm³/mol. The number of nitrogens with zero attached hydrogens (tertiary/aromatic N) is 4. The van der Waals surface area contributed by atoms with Gasteiger partial charge in [0.2, 0.25) is 5.88 Å². The van der Waals surface area contributed by atoms with Gasteiger partial charge in [0.1, 0.15) is 17.7 Å². The molecule has 0 unspecified atom stereocenters. The number of benzene rings is 2. The molecule has 3 heterocycles. The van der Waals surface area contributed by atoms with Crippen LogP contribution in [0.25, 0.3) is 16.5 Å². The third-order valence-electron chi connectivity index (χ3n) is 6.80. The summed E-state index contributed by atoms with van der Waals surface area (Å²) in [6.07, 6.45) is 0.607. The largest absolute Gasteiger partial charge is 0.444 e. The molecule has 0 atom stereocenters. The van der Waals surface area contributed by atoms with Gasteiger partial charge in [-0.05, 0) is 76.1 Å². The molecule has 2 aromatic carbocycles. The normalized spacial score (nSPS) is 13.9. The number of aromatic nitrogens is 3. The Morgan fingerprint density at radius 1 is 1.02 bits per heavy atom. The van der Waals surface area contributed by atoms with E-state index < -0.39 is 23.4 Å². The van der Waals surface area contributed by atoms with Crippen molar-refractivity contribution in [3.63, 3.8) is 0 Å². The van der Waals surface area contributed by atoms with Crippen LogP contribution < -0.4 is 10.1 Å². The molecule has 9 nitrogen and oxygen atoms in total. The van der Waals surface area contributed by atoms with E-state index in [2.05, 4.69) is 15.3 Å². The van der Waals surface area contributed by atoms with Gasteiger partial charge in [0, 0.05) is 42.0 Å². The minimum atomic E-state index is -4.52. The average Bonchev–Trinajstić information content (AvgIpc) is 3.39. The number of carbonyl (C=O) groups is 2. The van der Waals surface area contributed by atoms with Crippen molar-refractivity contribution in [1.29, 1.82) is 0 Å². The molecular formula is C31H30F3N5O4. The molecule has 0 fully saturated rings. The molecule has 2 aromatic heterocycles. The number of rotatable bonds is 4. The summed E-state index contributed by atoms with van der Waals surface area (Å²) < 4.78 is 52.1. The molecule has 0 saturated heterocycles. The number of amides is 2. The molecule has 224 valence electrons. The Balaban J connectivity index is 1.30. The fourth-order valence-electron chi connectivity index (χ4n) is 4.67. The first kappa shape index (κ1) is 29.6. The summed E-state index contributed by atoms with van der Waals surface area (Å²) in [7, 11) is 0. The second-order valence-corrected chi connectivity index (χ2v) is 11.1. The van der Waals surface area contributed by atoms with Gasteiger partial charge < -0.3 is 19.7 Å². The maximum Gasteiger partial charge on any atom is 0.416 e. The van der Waals surface area contributed by atoms with Crippen molar-refractivity contribution in [2.45, 2.75) is 45.9 Å². The van der Waals surface area contributed by atoms with E-state index in [1.165, 1.54) is 23.0 Å². The standard InChI is InChI=1S/C31H30F3N5O4/c1-19-23-12-15-39(28(40)37-22-7-5-6-21(16-22)31(32,33)34)25(23)8-9-26(19)42-27-17-24(35-18-36-27)20-10-13-38(14-11-20)29(41)43-30(2,3)4/h5-10,12,15-18H,11,13-14H2,1-4H3,(H,37,40). The Labute approximate surface area is 245 Å². The lowest BCUT2D eigenvalue weighted by Crippen LogP contribution is -2.39. The van der Waals surface area contributed by atoms with E-state index in [0.29, 0.717) is 42.4 Å². The predicted octanol–water partition coefficient (Wildman–Crippen LogP) is 7.66. The zero-order valence-corrected chi connectivity index (χ0v) is 24.0. The highest BCUT2D eigenvalue weighted by Gasteiger charge is 2.30. The first-order chi connectivity index (χ1) is 20.3. The van der Waals surface area contributed by atoms with Gasteiger partial charge in [-0.1, -0.05) is 12.1 Å². The highest BCUT2D eigenvalue weighted by molar-refractivity contribution is 5.99. The molecule has 43 heavy (non-hydrogen) atoms. The number of anilines is 1. The Hall–Kier alpha value is -4.87. The summed E-state index contributed by atoms with van der Waals surface area (Å²) in [5.41, 5.74) is 1.56. The van der Waals surface area contributed by atoms with Gasteiger partial charge in [-0.15, -0.1) is 0 Å². The first-order valence-electron chi connectivity index (χ1n) is 13.5. The molecule has 0 saturated carbocycles. The van der Waals surface area contributed by atoms with Crippen LogP contribution in [0.3, 0.4) is 0 Å². The molecule has 0 radical (unpaired) electrons. The maximum atomic E-state index is 13.1. The number of nitrogens with one attached hydrogen (secondary N) is 1. The van der Waals surface area contributed by atoms with Gasteiger partial charge in [0.25, 0.3) is 0 Å². The van der Waals surface area contributed by atoms with Crippen molar-refractivity contribution >= 4 is 34.3 Å². The third kappa shape index (κ3) is 6.79. The zero-order valence-electron chi connectivity index (χ0n) is 24.0. The molecule has 0 aliphatic carbocycles. The van der Waals surface area contributed by atoms with E-state index in [0.717, 1.165) is 28.7 Å². The molecular weight excluding hydrogens is 563 g/mol. The maximum absolute atomic E-state index is 13.1. The highest BCUT2D eigenvalue weighted by atomic mass is 19.4. The van der Waals surface area contributed by atoms with Crippen molar-refractivity contribution in [3.05, 3.63) is 84.0 Å². The number of hydrogen-bond acceptors (Lipinski definition) is 6. The number of hydrogen-bond donors (Lipinski definition) is 1. The van der Waals surface area contributed by atoms with Crippen LogP contribution in [0.5, 0.6) is 11.6 Å². The van der Waals surface area contributed by atoms with Crippen LogP contribution in [0.15, 0.2) is 67.1 Å². The summed E-state index contributed by atoms with van der Waals surface area (Å²) in [6.45, 7) is 8.22. The molecule has 4 aromatic rings. The lowest BCUT2D eigenvalue weighted by atomic mass is 10.0. The number of aryl methyl sites for hydroxylation is 1. The van der Waals surface area contributed by atoms with Crippen LogP contribution >= 0.6 is 0 Å². The first-order valence-corrected chi connectivity index (χ1v) is 13.5. The minimum absolute atomic E-state index is 0.0311. The fraction of sp³-hybridized carbons (Fsp3) is 0.290. The number of fused-ring (bicyclic) bond motifs is 1. The zero-order chi connectivity index (χ0) is 30.9. The van der Waals surface area contributed by atoms with Crippen molar-refractivity contribution in [2.75, 3.05) is 18.4 Å². The van der Waals surface area contributed by atoms with Crippen molar-refractivity contribution < 1.29 is 32.2 Å². The summed E-state index contributed by atoms with van der Waals surface area (Å²) in [6, 6.07) is 10.7. The second-order valence-electron chi connectivity index (χ2n) is 11.1. The quantitative estimate of drug-likeness (QED) is 0.261. The molecule has 0 bridgehead atoms. The Bertz CT molecular complexity index is 1720. The van der Waals surface area contributed by atoms with Crippen LogP contribution in [-0.4, -0.2) is 50.2 Å². The van der Waals surface area contributed by atoms with Gasteiger partial charge >= 0.3 is 18.3 Å². The van der Waals surface area contributed by atoms with Crippen LogP contribution in [0.4, 0.5) is 28.4 Å². The Morgan fingerprint density at radius 2 is 1.81 bits per heavy atom. The third-order valence-corrected chi connectivity index (χ3v) is 6.80. The topological polar surface area (TPSA) is 98.6 Å². The smallest absolute Gasteiger partial charge is 0.416 e. The van der Waals surface area contributed by atoms with Crippen LogP contribution in [0.1, 0.15) is 44.0 Å². The van der Waals surface area contributed by atoms with E-state index >= 15 is 0 Å². The fourth-order valence-corrected chi connectivity index (χ4v) is 4.67. The summed E-state index contributed by atoms with van der Waals surface area (Å²) in [5.74, 6) is 0.839. The van der Waals surface area contributed by atoms with Gasteiger partial charge in [0.15, 0.2) is 0 Å². The van der Waals surface area contributed by atoms with E-state index in [9.17, 15) is 22.8 Å². The Kier molecular flexibility index (Phi) is 7.87.